The molecular formula is C16H25NO. The van der Waals surface area contributed by atoms with E-state index in [1.165, 1.54) is 23.1 Å². The van der Waals surface area contributed by atoms with Crippen LogP contribution in [0.15, 0.2) is 12.1 Å². The molecule has 1 N–H and O–H groups in total. The van der Waals surface area contributed by atoms with Crippen molar-refractivity contribution in [2.24, 2.45) is 0 Å². The predicted molar refractivity (Wildman–Crippen MR) is 76.7 cm³/mol. The third-order valence-corrected chi connectivity index (χ3v) is 3.90. The minimum atomic E-state index is 0.128. The summed E-state index contributed by atoms with van der Waals surface area (Å²) in [4.78, 5) is 0. The number of hydrogen-bond acceptors (Lipinski definition) is 2. The molecule has 2 heteroatoms. The van der Waals surface area contributed by atoms with Gasteiger partial charge in [0.05, 0.1) is 7.11 Å². The van der Waals surface area contributed by atoms with Crippen molar-refractivity contribution >= 4 is 0 Å². The Bertz CT molecular complexity index is 425. The minimum absolute atomic E-state index is 0.128. The first-order valence-corrected chi connectivity index (χ1v) is 6.83. The molecule has 1 saturated heterocycles. The van der Waals surface area contributed by atoms with E-state index in [1.807, 2.05) is 0 Å². The first-order chi connectivity index (χ1) is 8.43. The molecule has 0 aliphatic carbocycles. The van der Waals surface area contributed by atoms with Gasteiger partial charge in [0.25, 0.3) is 0 Å². The molecule has 0 radical (unpaired) electrons. The summed E-state index contributed by atoms with van der Waals surface area (Å²) in [6.07, 6.45) is 1.23. The Labute approximate surface area is 111 Å². The Kier molecular flexibility index (Phi) is 3.67. The van der Waals surface area contributed by atoms with Crippen LogP contribution in [-0.4, -0.2) is 20.2 Å². The van der Waals surface area contributed by atoms with E-state index in [2.05, 4.69) is 45.1 Å². The van der Waals surface area contributed by atoms with E-state index in [9.17, 15) is 0 Å². The maximum atomic E-state index is 5.61. The highest BCUT2D eigenvalue weighted by Crippen LogP contribution is 2.36. The van der Waals surface area contributed by atoms with Gasteiger partial charge in [0.2, 0.25) is 0 Å². The van der Waals surface area contributed by atoms with E-state index in [1.54, 1.807) is 7.11 Å². The molecule has 1 atom stereocenters. The molecule has 1 aliphatic heterocycles. The van der Waals surface area contributed by atoms with Crippen molar-refractivity contribution in [3.05, 3.63) is 28.8 Å². The van der Waals surface area contributed by atoms with E-state index in [-0.39, 0.29) is 5.41 Å². The average molecular weight is 247 g/mol. The Morgan fingerprint density at radius 3 is 2.50 bits per heavy atom. The zero-order chi connectivity index (χ0) is 13.3. The molecule has 0 bridgehead atoms. The third kappa shape index (κ3) is 2.54. The Morgan fingerprint density at radius 1 is 1.28 bits per heavy atom. The quantitative estimate of drug-likeness (QED) is 0.865. The second-order valence-electron chi connectivity index (χ2n) is 6.35. The molecule has 2 rings (SSSR count). The van der Waals surface area contributed by atoms with Gasteiger partial charge < -0.3 is 10.1 Å². The Hall–Kier alpha value is -1.02. The van der Waals surface area contributed by atoms with Crippen LogP contribution in [0.3, 0.4) is 0 Å². The first-order valence-electron chi connectivity index (χ1n) is 6.83. The van der Waals surface area contributed by atoms with Crippen LogP contribution in [0.4, 0.5) is 0 Å². The summed E-state index contributed by atoms with van der Waals surface area (Å²) >= 11 is 0. The second-order valence-corrected chi connectivity index (χ2v) is 6.35. The lowest BCUT2D eigenvalue weighted by Crippen LogP contribution is -2.15. The highest BCUT2D eigenvalue weighted by atomic mass is 16.5. The molecule has 1 aromatic carbocycles. The van der Waals surface area contributed by atoms with Crippen LogP contribution in [0.2, 0.25) is 0 Å². The van der Waals surface area contributed by atoms with Crippen molar-refractivity contribution in [3.8, 4) is 5.75 Å². The summed E-state index contributed by atoms with van der Waals surface area (Å²) in [5.41, 5.74) is 4.28. The van der Waals surface area contributed by atoms with E-state index >= 15 is 0 Å². The van der Waals surface area contributed by atoms with E-state index in [4.69, 9.17) is 4.74 Å². The summed E-state index contributed by atoms with van der Waals surface area (Å²) in [6.45, 7) is 11.2. The van der Waals surface area contributed by atoms with Crippen molar-refractivity contribution in [1.29, 1.82) is 0 Å². The van der Waals surface area contributed by atoms with Crippen LogP contribution < -0.4 is 10.1 Å². The van der Waals surface area contributed by atoms with Crippen LogP contribution in [0.1, 0.15) is 49.8 Å². The number of hydrogen-bond donors (Lipinski definition) is 1. The van der Waals surface area contributed by atoms with Crippen molar-refractivity contribution in [1.82, 2.24) is 5.32 Å². The fourth-order valence-electron chi connectivity index (χ4n) is 2.82. The van der Waals surface area contributed by atoms with Crippen molar-refractivity contribution in [2.75, 3.05) is 20.2 Å². The van der Waals surface area contributed by atoms with Crippen LogP contribution in [0.25, 0.3) is 0 Å². The van der Waals surface area contributed by atoms with Crippen molar-refractivity contribution < 1.29 is 4.74 Å². The summed E-state index contributed by atoms with van der Waals surface area (Å²) in [5, 5.41) is 3.44. The van der Waals surface area contributed by atoms with Gasteiger partial charge in [0.15, 0.2) is 0 Å². The lowest BCUT2D eigenvalue weighted by molar-refractivity contribution is 0.396. The summed E-state index contributed by atoms with van der Waals surface area (Å²) in [6, 6.07) is 4.57. The van der Waals surface area contributed by atoms with E-state index < -0.39 is 0 Å². The van der Waals surface area contributed by atoms with Gasteiger partial charge in [0, 0.05) is 6.54 Å². The molecule has 1 heterocycles. The smallest absolute Gasteiger partial charge is 0.122 e. The lowest BCUT2D eigenvalue weighted by atomic mass is 9.82. The maximum absolute atomic E-state index is 5.61. The lowest BCUT2D eigenvalue weighted by Gasteiger charge is -2.25. The van der Waals surface area contributed by atoms with Gasteiger partial charge in [0.1, 0.15) is 5.75 Å². The number of ether oxygens (including phenoxy) is 1. The Balaban J connectivity index is 2.45. The number of benzene rings is 1. The van der Waals surface area contributed by atoms with Crippen LogP contribution >= 0.6 is 0 Å². The second kappa shape index (κ2) is 4.93. The van der Waals surface area contributed by atoms with Gasteiger partial charge in [-0.1, -0.05) is 26.8 Å². The van der Waals surface area contributed by atoms with E-state index in [0.29, 0.717) is 5.92 Å². The van der Waals surface area contributed by atoms with Gasteiger partial charge >= 0.3 is 0 Å². The highest BCUT2D eigenvalue weighted by Gasteiger charge is 2.24. The van der Waals surface area contributed by atoms with Gasteiger partial charge in [-0.2, -0.15) is 0 Å². The molecule has 1 aromatic rings. The van der Waals surface area contributed by atoms with Gasteiger partial charge in [-0.15, -0.1) is 0 Å². The maximum Gasteiger partial charge on any atom is 0.122 e. The van der Waals surface area contributed by atoms with Gasteiger partial charge in [-0.05, 0) is 54.0 Å². The fourth-order valence-corrected chi connectivity index (χ4v) is 2.82. The molecule has 0 saturated carbocycles. The standard InChI is InChI=1S/C16H25NO/c1-11-8-14(16(2,3)4)15(18-5)9-13(11)12-6-7-17-10-12/h8-9,12,17H,6-7,10H2,1-5H3. The number of aryl methyl sites for hydroxylation is 1. The SMILES string of the molecule is COc1cc(C2CCNC2)c(C)cc1C(C)(C)C. The van der Waals surface area contributed by atoms with Gasteiger partial charge in [-0.3, -0.25) is 0 Å². The Morgan fingerprint density at radius 2 is 2.00 bits per heavy atom. The van der Waals surface area contributed by atoms with Crippen LogP contribution in [0, 0.1) is 6.92 Å². The molecule has 2 nitrogen and oxygen atoms in total. The monoisotopic (exact) mass is 247 g/mol. The third-order valence-electron chi connectivity index (χ3n) is 3.90. The summed E-state index contributed by atoms with van der Waals surface area (Å²) in [5.74, 6) is 1.68. The molecule has 1 unspecified atom stereocenters. The topological polar surface area (TPSA) is 21.3 Å². The molecule has 1 aliphatic rings. The zero-order valence-electron chi connectivity index (χ0n) is 12.3. The molecule has 1 fully saturated rings. The van der Waals surface area contributed by atoms with E-state index in [0.717, 1.165) is 18.8 Å². The fraction of sp³-hybridized carbons (Fsp3) is 0.625. The molecule has 0 aromatic heterocycles. The molecule has 0 amide bonds. The van der Waals surface area contributed by atoms with Crippen LogP contribution in [0.5, 0.6) is 5.75 Å². The first kappa shape index (κ1) is 13.4. The largest absolute Gasteiger partial charge is 0.496 e. The number of rotatable bonds is 2. The predicted octanol–water partition coefficient (Wildman–Crippen LogP) is 3.38. The summed E-state index contributed by atoms with van der Waals surface area (Å²) in [7, 11) is 1.77. The highest BCUT2D eigenvalue weighted by molar-refractivity contribution is 5.47. The van der Waals surface area contributed by atoms with Crippen molar-refractivity contribution in [3.63, 3.8) is 0 Å². The molecule has 100 valence electrons. The van der Waals surface area contributed by atoms with Crippen LogP contribution in [-0.2, 0) is 5.41 Å². The molecule has 0 spiro atoms. The number of methoxy groups -OCH3 is 1. The van der Waals surface area contributed by atoms with Crippen molar-refractivity contribution in [2.45, 2.75) is 45.4 Å². The minimum Gasteiger partial charge on any atom is -0.496 e. The zero-order valence-corrected chi connectivity index (χ0v) is 12.3. The summed E-state index contributed by atoms with van der Waals surface area (Å²) < 4.78 is 5.61. The average Bonchev–Trinajstić information content (AvgIpc) is 2.81. The molecular weight excluding hydrogens is 222 g/mol. The van der Waals surface area contributed by atoms with Gasteiger partial charge in [-0.25, -0.2) is 0 Å². The normalized spacial score (nSPS) is 20.2. The number of nitrogens with one attached hydrogen (secondary N) is 1. The molecule has 18 heavy (non-hydrogen) atoms.